The Hall–Kier alpha value is -1.96. The lowest BCUT2D eigenvalue weighted by Gasteiger charge is -2.08. The van der Waals surface area contributed by atoms with E-state index in [4.69, 9.17) is 4.74 Å². The van der Waals surface area contributed by atoms with Crippen molar-refractivity contribution in [3.05, 3.63) is 58.9 Å². The summed E-state index contributed by atoms with van der Waals surface area (Å²) in [6.45, 7) is 0. The van der Waals surface area contributed by atoms with Crippen LogP contribution in [0.3, 0.4) is 0 Å². The zero-order chi connectivity index (χ0) is 16.4. The maximum Gasteiger partial charge on any atom is 0.200 e. The van der Waals surface area contributed by atoms with Crippen LogP contribution < -0.4 is 4.74 Å². The molecule has 0 aliphatic carbocycles. The van der Waals surface area contributed by atoms with Gasteiger partial charge in [0.1, 0.15) is 5.75 Å². The Morgan fingerprint density at radius 2 is 1.32 bits per heavy atom. The zero-order valence-corrected chi connectivity index (χ0v) is 11.9. The van der Waals surface area contributed by atoms with Gasteiger partial charge in [-0.15, -0.1) is 0 Å². The highest BCUT2D eigenvalue weighted by Crippen LogP contribution is 2.25. The van der Waals surface area contributed by atoms with Gasteiger partial charge in [-0.1, -0.05) is 0 Å². The summed E-state index contributed by atoms with van der Waals surface area (Å²) in [5.41, 5.74) is -1.11. The van der Waals surface area contributed by atoms with Crippen LogP contribution in [0.25, 0.3) is 0 Å². The van der Waals surface area contributed by atoms with Gasteiger partial charge in [-0.3, -0.25) is 4.21 Å². The van der Waals surface area contributed by atoms with Crippen LogP contribution in [0.1, 0.15) is 5.56 Å². The molecule has 2 aromatic rings. The quantitative estimate of drug-likeness (QED) is 0.483. The first-order valence-corrected chi connectivity index (χ1v) is 7.21. The molecule has 0 radical (unpaired) electrons. The van der Waals surface area contributed by atoms with Crippen molar-refractivity contribution >= 4 is 10.8 Å². The molecule has 2 rings (SSSR count). The molecule has 0 saturated carbocycles. The van der Waals surface area contributed by atoms with Gasteiger partial charge in [-0.2, -0.15) is 0 Å². The average Bonchev–Trinajstić information content (AvgIpc) is 2.55. The Balaban J connectivity index is 2.36. The van der Waals surface area contributed by atoms with E-state index in [0.29, 0.717) is 5.75 Å². The minimum absolute atomic E-state index is 0.171. The number of ether oxygens (including phenoxy) is 1. The third kappa shape index (κ3) is 2.96. The van der Waals surface area contributed by atoms with Gasteiger partial charge in [0.05, 0.1) is 23.7 Å². The monoisotopic (exact) mass is 336 g/mol. The fraction of sp³-hybridized carbons (Fsp3) is 0.143. The smallest absolute Gasteiger partial charge is 0.200 e. The SMILES string of the molecule is COc1ccc(S(=O)Cc2c(F)c(F)c(F)c(F)c2F)cc1. The molecule has 0 amide bonds. The van der Waals surface area contributed by atoms with Crippen molar-refractivity contribution in [2.45, 2.75) is 10.6 Å². The van der Waals surface area contributed by atoms with Crippen molar-refractivity contribution in [3.63, 3.8) is 0 Å². The first-order valence-electron chi connectivity index (χ1n) is 5.89. The van der Waals surface area contributed by atoms with E-state index in [1.165, 1.54) is 31.4 Å². The lowest BCUT2D eigenvalue weighted by atomic mass is 10.2. The average molecular weight is 336 g/mol. The second-order valence-electron chi connectivity index (χ2n) is 4.21. The lowest BCUT2D eigenvalue weighted by Crippen LogP contribution is -2.09. The van der Waals surface area contributed by atoms with Crippen LogP contribution in [0.5, 0.6) is 5.75 Å². The van der Waals surface area contributed by atoms with E-state index >= 15 is 0 Å². The number of rotatable bonds is 4. The van der Waals surface area contributed by atoms with E-state index in [9.17, 15) is 26.2 Å². The Labute approximate surface area is 125 Å². The molecule has 0 spiro atoms. The van der Waals surface area contributed by atoms with Crippen LogP contribution in [0.2, 0.25) is 0 Å². The van der Waals surface area contributed by atoms with Crippen LogP contribution in [-0.2, 0) is 16.6 Å². The minimum Gasteiger partial charge on any atom is -0.497 e. The number of hydrogen-bond acceptors (Lipinski definition) is 2. The molecule has 1 unspecified atom stereocenters. The standard InChI is InChI=1S/C14H9F5O2S/c1-21-7-2-4-8(5-3-7)22(20)6-9-10(15)12(17)14(19)13(18)11(9)16/h2-5H,6H2,1H3. The molecule has 22 heavy (non-hydrogen) atoms. The Morgan fingerprint density at radius 3 is 1.77 bits per heavy atom. The third-order valence-corrected chi connectivity index (χ3v) is 4.25. The van der Waals surface area contributed by atoms with Crippen LogP contribution in [0.15, 0.2) is 29.2 Å². The molecule has 1 atom stereocenters. The number of hydrogen-bond donors (Lipinski definition) is 0. The maximum atomic E-state index is 13.5. The first-order chi connectivity index (χ1) is 10.4. The summed E-state index contributed by atoms with van der Waals surface area (Å²) in [5.74, 6) is -10.7. The van der Waals surface area contributed by atoms with E-state index in [1.54, 1.807) is 0 Å². The molecule has 0 heterocycles. The Kier molecular flexibility index (Phi) is 4.80. The Morgan fingerprint density at radius 1 is 0.864 bits per heavy atom. The van der Waals surface area contributed by atoms with Crippen molar-refractivity contribution in [1.29, 1.82) is 0 Å². The molecule has 0 fully saturated rings. The second kappa shape index (κ2) is 6.43. The van der Waals surface area contributed by atoms with E-state index in [2.05, 4.69) is 0 Å². The van der Waals surface area contributed by atoms with Crippen LogP contribution >= 0.6 is 0 Å². The molecular weight excluding hydrogens is 327 g/mol. The normalized spacial score (nSPS) is 12.3. The number of benzene rings is 2. The van der Waals surface area contributed by atoms with Gasteiger partial charge in [-0.25, -0.2) is 22.0 Å². The summed E-state index contributed by atoms with van der Waals surface area (Å²) >= 11 is 0. The molecule has 2 aromatic carbocycles. The highest BCUT2D eigenvalue weighted by atomic mass is 32.2. The molecule has 8 heteroatoms. The van der Waals surface area contributed by atoms with Crippen LogP contribution in [-0.4, -0.2) is 11.3 Å². The third-order valence-electron chi connectivity index (χ3n) is 2.90. The van der Waals surface area contributed by atoms with Crippen LogP contribution in [0, 0.1) is 29.1 Å². The van der Waals surface area contributed by atoms with Gasteiger partial charge in [0.15, 0.2) is 23.3 Å². The molecule has 0 N–H and O–H groups in total. The fourth-order valence-corrected chi connectivity index (χ4v) is 2.84. The Bertz CT molecular complexity index is 702. The van der Waals surface area contributed by atoms with Gasteiger partial charge >= 0.3 is 0 Å². The maximum absolute atomic E-state index is 13.5. The summed E-state index contributed by atoms with van der Waals surface area (Å²) in [4.78, 5) is 0.171. The molecular formula is C14H9F5O2S. The zero-order valence-electron chi connectivity index (χ0n) is 11.1. The molecule has 0 aliphatic heterocycles. The summed E-state index contributed by atoms with van der Waals surface area (Å²) in [7, 11) is -0.562. The van der Waals surface area contributed by atoms with Gasteiger partial charge in [-0.05, 0) is 24.3 Å². The molecule has 0 saturated heterocycles. The molecule has 0 aromatic heterocycles. The fourth-order valence-electron chi connectivity index (χ4n) is 1.72. The molecule has 118 valence electrons. The first kappa shape index (κ1) is 16.4. The van der Waals surface area contributed by atoms with Gasteiger partial charge in [0.25, 0.3) is 0 Å². The van der Waals surface area contributed by atoms with E-state index in [-0.39, 0.29) is 4.90 Å². The van der Waals surface area contributed by atoms with E-state index < -0.39 is 51.2 Å². The van der Waals surface area contributed by atoms with Crippen molar-refractivity contribution in [3.8, 4) is 5.75 Å². The van der Waals surface area contributed by atoms with Crippen molar-refractivity contribution < 1.29 is 30.9 Å². The minimum atomic E-state index is -2.24. The van der Waals surface area contributed by atoms with Gasteiger partial charge < -0.3 is 4.74 Å². The predicted molar refractivity (Wildman–Crippen MR) is 69.3 cm³/mol. The van der Waals surface area contributed by atoms with E-state index in [0.717, 1.165) is 0 Å². The van der Waals surface area contributed by atoms with Crippen LogP contribution in [0.4, 0.5) is 22.0 Å². The summed E-state index contributed by atoms with van der Waals surface area (Å²) < 4.78 is 83.0. The van der Waals surface area contributed by atoms with Crippen molar-refractivity contribution in [2.75, 3.05) is 7.11 Å². The number of halogens is 5. The highest BCUT2D eigenvalue weighted by molar-refractivity contribution is 7.84. The summed E-state index contributed by atoms with van der Waals surface area (Å²) in [6, 6.07) is 5.68. The van der Waals surface area contributed by atoms with Gasteiger partial charge in [0, 0.05) is 10.5 Å². The topological polar surface area (TPSA) is 26.3 Å². The molecule has 0 aliphatic rings. The van der Waals surface area contributed by atoms with E-state index in [1.807, 2.05) is 0 Å². The van der Waals surface area contributed by atoms with Gasteiger partial charge in [0.2, 0.25) is 5.82 Å². The lowest BCUT2D eigenvalue weighted by molar-refractivity contribution is 0.372. The van der Waals surface area contributed by atoms with Crippen molar-refractivity contribution in [1.82, 2.24) is 0 Å². The highest BCUT2D eigenvalue weighted by Gasteiger charge is 2.26. The summed E-state index contributed by atoms with van der Waals surface area (Å²) in [6.07, 6.45) is 0. The largest absolute Gasteiger partial charge is 0.497 e. The predicted octanol–water partition coefficient (Wildman–Crippen LogP) is 3.70. The second-order valence-corrected chi connectivity index (χ2v) is 5.66. The summed E-state index contributed by atoms with van der Waals surface area (Å²) in [5, 5.41) is 0. The molecule has 2 nitrogen and oxygen atoms in total. The molecule has 0 bridgehead atoms. The number of methoxy groups -OCH3 is 1. The van der Waals surface area contributed by atoms with Crippen molar-refractivity contribution in [2.24, 2.45) is 0 Å².